The Balaban J connectivity index is 1.98. The van der Waals surface area contributed by atoms with Crippen molar-refractivity contribution >= 4 is 11.7 Å². The number of nitrogens with one attached hydrogen (secondary N) is 1. The van der Waals surface area contributed by atoms with E-state index >= 15 is 0 Å². The number of nitrogens with zero attached hydrogens (tertiary/aromatic N) is 1. The second-order valence-corrected chi connectivity index (χ2v) is 3.89. The molecule has 1 aromatic heterocycles. The summed E-state index contributed by atoms with van der Waals surface area (Å²) < 4.78 is 18.7. The zero-order chi connectivity index (χ0) is 12.5. The minimum atomic E-state index is -0.850. The van der Waals surface area contributed by atoms with Gasteiger partial charge in [0.15, 0.2) is 11.6 Å². The van der Waals surface area contributed by atoms with Crippen LogP contribution in [0.3, 0.4) is 0 Å². The van der Waals surface area contributed by atoms with E-state index < -0.39 is 11.9 Å². The van der Waals surface area contributed by atoms with E-state index in [-0.39, 0.29) is 5.91 Å². The van der Waals surface area contributed by atoms with Crippen LogP contribution in [-0.2, 0) is 4.79 Å². The third-order valence-corrected chi connectivity index (χ3v) is 2.65. The van der Waals surface area contributed by atoms with E-state index in [1.807, 2.05) is 0 Å². The molecular weight excluding hydrogens is 235 g/mol. The number of amides is 1. The molecule has 0 saturated heterocycles. The lowest BCUT2D eigenvalue weighted by Crippen LogP contribution is -2.30. The molecule has 1 N–H and O–H groups in total. The zero-order valence-electron chi connectivity index (χ0n) is 9.26. The molecule has 5 heteroatoms. The largest absolute Gasteiger partial charge is 0.472 e. The molecule has 0 radical (unpaired) electrons. The van der Waals surface area contributed by atoms with Crippen LogP contribution in [0, 0.1) is 5.82 Å². The van der Waals surface area contributed by atoms with Crippen molar-refractivity contribution in [3.63, 3.8) is 0 Å². The first-order chi connectivity index (χ1) is 8.74. The standard InChI is InChI=1S/C13H9FN2O2/c14-9-4-1-3-8(7-9)11-13(17)16-12-10(18-11)5-2-6-15-12/h1-7,11H,(H,15,16,17). The topological polar surface area (TPSA) is 51.2 Å². The molecule has 2 heterocycles. The predicted molar refractivity (Wildman–Crippen MR) is 62.6 cm³/mol. The Labute approximate surface area is 102 Å². The summed E-state index contributed by atoms with van der Waals surface area (Å²) in [5, 5.41) is 2.63. The molecule has 1 unspecified atom stereocenters. The molecule has 90 valence electrons. The summed E-state index contributed by atoms with van der Waals surface area (Å²) in [7, 11) is 0. The summed E-state index contributed by atoms with van der Waals surface area (Å²) in [5.74, 6) is 0.106. The van der Waals surface area contributed by atoms with Gasteiger partial charge in [0.2, 0.25) is 6.10 Å². The first-order valence-corrected chi connectivity index (χ1v) is 5.42. The molecule has 1 aliphatic heterocycles. The van der Waals surface area contributed by atoms with Crippen LogP contribution in [0.15, 0.2) is 42.6 Å². The van der Waals surface area contributed by atoms with Gasteiger partial charge in [0.25, 0.3) is 5.91 Å². The Hall–Kier alpha value is -2.43. The number of anilines is 1. The van der Waals surface area contributed by atoms with Gasteiger partial charge in [-0.2, -0.15) is 0 Å². The van der Waals surface area contributed by atoms with Gasteiger partial charge in [-0.15, -0.1) is 0 Å². The molecule has 0 aliphatic carbocycles. The number of rotatable bonds is 1. The van der Waals surface area contributed by atoms with Gasteiger partial charge in [0, 0.05) is 11.8 Å². The maximum atomic E-state index is 13.1. The van der Waals surface area contributed by atoms with Gasteiger partial charge in [-0.3, -0.25) is 4.79 Å². The number of carbonyl (C=O) groups is 1. The van der Waals surface area contributed by atoms with Gasteiger partial charge in [-0.05, 0) is 24.3 Å². The number of aromatic nitrogens is 1. The van der Waals surface area contributed by atoms with Gasteiger partial charge < -0.3 is 10.1 Å². The lowest BCUT2D eigenvalue weighted by atomic mass is 10.1. The summed E-state index contributed by atoms with van der Waals surface area (Å²) in [4.78, 5) is 15.9. The highest BCUT2D eigenvalue weighted by Gasteiger charge is 2.29. The molecule has 0 bridgehead atoms. The van der Waals surface area contributed by atoms with Crippen LogP contribution in [0.1, 0.15) is 11.7 Å². The Bertz CT molecular complexity index is 615. The number of pyridine rings is 1. The number of hydrogen-bond donors (Lipinski definition) is 1. The maximum Gasteiger partial charge on any atom is 0.271 e. The Morgan fingerprint density at radius 3 is 3.00 bits per heavy atom. The maximum absolute atomic E-state index is 13.1. The van der Waals surface area contributed by atoms with E-state index in [1.54, 1.807) is 30.5 Å². The first kappa shape index (κ1) is 10.7. The molecule has 0 fully saturated rings. The molecular formula is C13H9FN2O2. The van der Waals surface area contributed by atoms with E-state index in [2.05, 4.69) is 10.3 Å². The normalized spacial score (nSPS) is 17.6. The number of halogens is 1. The average Bonchev–Trinajstić information content (AvgIpc) is 2.38. The fourth-order valence-electron chi connectivity index (χ4n) is 1.83. The molecule has 0 spiro atoms. The molecule has 1 aromatic carbocycles. The lowest BCUT2D eigenvalue weighted by Gasteiger charge is -2.25. The summed E-state index contributed by atoms with van der Waals surface area (Å²) in [6.07, 6.45) is 0.711. The van der Waals surface area contributed by atoms with Crippen LogP contribution >= 0.6 is 0 Å². The van der Waals surface area contributed by atoms with Gasteiger partial charge in [-0.25, -0.2) is 9.37 Å². The van der Waals surface area contributed by atoms with Crippen LogP contribution in [0.4, 0.5) is 10.2 Å². The van der Waals surface area contributed by atoms with Crippen molar-refractivity contribution in [1.29, 1.82) is 0 Å². The van der Waals surface area contributed by atoms with Gasteiger partial charge in [0.1, 0.15) is 5.82 Å². The highest BCUT2D eigenvalue weighted by atomic mass is 19.1. The third kappa shape index (κ3) is 1.79. The fraction of sp³-hybridized carbons (Fsp3) is 0.0769. The molecule has 3 rings (SSSR count). The van der Waals surface area contributed by atoms with E-state index in [0.717, 1.165) is 0 Å². The fourth-order valence-corrected chi connectivity index (χ4v) is 1.83. The quantitative estimate of drug-likeness (QED) is 0.837. The summed E-state index contributed by atoms with van der Waals surface area (Å²) in [5.41, 5.74) is 0.474. The number of benzene rings is 1. The number of fused-ring (bicyclic) bond motifs is 1. The van der Waals surface area contributed by atoms with Crippen LogP contribution in [0.25, 0.3) is 0 Å². The molecule has 0 saturated carbocycles. The Morgan fingerprint density at radius 2 is 2.17 bits per heavy atom. The van der Waals surface area contributed by atoms with Gasteiger partial charge >= 0.3 is 0 Å². The molecule has 1 atom stereocenters. The van der Waals surface area contributed by atoms with E-state index in [9.17, 15) is 9.18 Å². The SMILES string of the molecule is O=C1Nc2ncccc2OC1c1cccc(F)c1. The van der Waals surface area contributed by atoms with Crippen molar-refractivity contribution in [3.05, 3.63) is 54.0 Å². The predicted octanol–water partition coefficient (Wildman–Crippen LogP) is 2.29. The number of ether oxygens (including phenoxy) is 1. The average molecular weight is 244 g/mol. The number of carbonyl (C=O) groups excluding carboxylic acids is 1. The second kappa shape index (κ2) is 4.10. The van der Waals surface area contributed by atoms with Crippen molar-refractivity contribution in [2.45, 2.75) is 6.10 Å². The molecule has 18 heavy (non-hydrogen) atoms. The van der Waals surface area contributed by atoms with Crippen LogP contribution < -0.4 is 10.1 Å². The summed E-state index contributed by atoms with van der Waals surface area (Å²) >= 11 is 0. The van der Waals surface area contributed by atoms with Crippen LogP contribution in [0.5, 0.6) is 5.75 Å². The van der Waals surface area contributed by atoms with Gasteiger partial charge in [-0.1, -0.05) is 12.1 Å². The molecule has 4 nitrogen and oxygen atoms in total. The lowest BCUT2D eigenvalue weighted by molar-refractivity contribution is -0.123. The first-order valence-electron chi connectivity index (χ1n) is 5.42. The van der Waals surface area contributed by atoms with Crippen molar-refractivity contribution in [2.75, 3.05) is 5.32 Å². The highest BCUT2D eigenvalue weighted by molar-refractivity contribution is 5.97. The smallest absolute Gasteiger partial charge is 0.271 e. The van der Waals surface area contributed by atoms with Gasteiger partial charge in [0.05, 0.1) is 0 Å². The third-order valence-electron chi connectivity index (χ3n) is 2.65. The highest BCUT2D eigenvalue weighted by Crippen LogP contribution is 2.32. The van der Waals surface area contributed by atoms with Crippen molar-refractivity contribution in [1.82, 2.24) is 4.98 Å². The second-order valence-electron chi connectivity index (χ2n) is 3.89. The Morgan fingerprint density at radius 1 is 1.28 bits per heavy atom. The minimum absolute atomic E-state index is 0.355. The van der Waals surface area contributed by atoms with Crippen molar-refractivity contribution in [3.8, 4) is 5.75 Å². The van der Waals surface area contributed by atoms with E-state index in [1.165, 1.54) is 12.1 Å². The monoisotopic (exact) mass is 244 g/mol. The molecule has 1 aliphatic rings. The minimum Gasteiger partial charge on any atom is -0.472 e. The number of hydrogen-bond acceptors (Lipinski definition) is 3. The summed E-state index contributed by atoms with van der Waals surface area (Å²) in [6, 6.07) is 9.20. The summed E-state index contributed by atoms with van der Waals surface area (Å²) in [6.45, 7) is 0. The van der Waals surface area contributed by atoms with Crippen LogP contribution in [-0.4, -0.2) is 10.9 Å². The van der Waals surface area contributed by atoms with Crippen LogP contribution in [0.2, 0.25) is 0 Å². The molecule has 1 amide bonds. The van der Waals surface area contributed by atoms with E-state index in [0.29, 0.717) is 17.1 Å². The molecule has 2 aromatic rings. The van der Waals surface area contributed by atoms with Crippen molar-refractivity contribution < 1.29 is 13.9 Å². The van der Waals surface area contributed by atoms with Crippen molar-refractivity contribution in [2.24, 2.45) is 0 Å². The Kier molecular flexibility index (Phi) is 2.44. The zero-order valence-corrected chi connectivity index (χ0v) is 9.26. The van der Waals surface area contributed by atoms with E-state index in [4.69, 9.17) is 4.74 Å².